The lowest BCUT2D eigenvalue weighted by Crippen LogP contribution is -2.19. The Balaban J connectivity index is 1.95. The van der Waals surface area contributed by atoms with Crippen LogP contribution in [0.3, 0.4) is 0 Å². The molecule has 1 aliphatic rings. The summed E-state index contributed by atoms with van der Waals surface area (Å²) in [7, 11) is 0. The maximum atomic E-state index is 6.15. The Morgan fingerprint density at radius 2 is 2.15 bits per heavy atom. The third-order valence-corrected chi connectivity index (χ3v) is 3.73. The van der Waals surface area contributed by atoms with E-state index < -0.39 is 0 Å². The second-order valence-electron chi connectivity index (χ2n) is 5.15. The van der Waals surface area contributed by atoms with Crippen molar-refractivity contribution >= 4 is 10.8 Å². The molecule has 0 aliphatic carbocycles. The lowest BCUT2D eigenvalue weighted by molar-refractivity contribution is 0.140. The van der Waals surface area contributed by atoms with Gasteiger partial charge in [0, 0.05) is 18.5 Å². The third kappa shape index (κ3) is 2.79. The zero-order valence-corrected chi connectivity index (χ0v) is 11.9. The summed E-state index contributed by atoms with van der Waals surface area (Å²) in [6, 6.07) is 12.7. The van der Waals surface area contributed by atoms with Crippen LogP contribution in [0.15, 0.2) is 36.4 Å². The van der Waals surface area contributed by atoms with Crippen molar-refractivity contribution in [1.82, 2.24) is 5.32 Å². The summed E-state index contributed by atoms with van der Waals surface area (Å²) in [6.45, 7) is 5.42. The highest BCUT2D eigenvalue weighted by Gasteiger charge is 2.19. The van der Waals surface area contributed by atoms with Crippen molar-refractivity contribution in [2.45, 2.75) is 26.0 Å². The lowest BCUT2D eigenvalue weighted by Gasteiger charge is -2.18. The van der Waals surface area contributed by atoms with Gasteiger partial charge in [-0.3, -0.25) is 0 Å². The summed E-state index contributed by atoms with van der Waals surface area (Å²) in [4.78, 5) is 0. The smallest absolute Gasteiger partial charge is 0.124 e. The van der Waals surface area contributed by atoms with E-state index in [9.17, 15) is 0 Å². The van der Waals surface area contributed by atoms with Gasteiger partial charge in [0.25, 0.3) is 0 Å². The SMILES string of the molecule is CCNCc1c(OC2CCOC2)ccc2ccccc12. The zero-order chi connectivity index (χ0) is 13.8. The molecule has 0 bridgehead atoms. The van der Waals surface area contributed by atoms with E-state index in [4.69, 9.17) is 9.47 Å². The van der Waals surface area contributed by atoms with Crippen molar-refractivity contribution in [2.24, 2.45) is 0 Å². The van der Waals surface area contributed by atoms with Gasteiger partial charge in [0.15, 0.2) is 0 Å². The molecule has 0 saturated carbocycles. The fourth-order valence-electron chi connectivity index (χ4n) is 2.64. The highest BCUT2D eigenvalue weighted by atomic mass is 16.5. The summed E-state index contributed by atoms with van der Waals surface area (Å²) in [5.41, 5.74) is 1.25. The largest absolute Gasteiger partial charge is 0.488 e. The van der Waals surface area contributed by atoms with Crippen molar-refractivity contribution in [3.8, 4) is 5.75 Å². The molecule has 2 aromatic rings. The summed E-state index contributed by atoms with van der Waals surface area (Å²) < 4.78 is 11.5. The molecule has 3 nitrogen and oxygen atoms in total. The Bertz CT molecular complexity index is 576. The van der Waals surface area contributed by atoms with Crippen molar-refractivity contribution in [3.63, 3.8) is 0 Å². The third-order valence-electron chi connectivity index (χ3n) is 3.73. The van der Waals surface area contributed by atoms with Crippen LogP contribution in [0.25, 0.3) is 10.8 Å². The molecule has 1 atom stereocenters. The molecule has 1 heterocycles. The Kier molecular flexibility index (Phi) is 4.19. The fourth-order valence-corrected chi connectivity index (χ4v) is 2.64. The van der Waals surface area contributed by atoms with Gasteiger partial charge in [-0.25, -0.2) is 0 Å². The van der Waals surface area contributed by atoms with Crippen LogP contribution in [0.5, 0.6) is 5.75 Å². The second kappa shape index (κ2) is 6.25. The molecule has 1 N–H and O–H groups in total. The molecule has 1 saturated heterocycles. The fraction of sp³-hybridized carbons (Fsp3) is 0.412. The van der Waals surface area contributed by atoms with E-state index >= 15 is 0 Å². The molecule has 106 valence electrons. The first-order valence-electron chi connectivity index (χ1n) is 7.34. The number of benzene rings is 2. The van der Waals surface area contributed by atoms with Gasteiger partial charge in [-0.05, 0) is 23.4 Å². The molecule has 20 heavy (non-hydrogen) atoms. The second-order valence-corrected chi connectivity index (χ2v) is 5.15. The summed E-state index contributed by atoms with van der Waals surface area (Å²) >= 11 is 0. The van der Waals surface area contributed by atoms with Gasteiger partial charge in [0.1, 0.15) is 11.9 Å². The monoisotopic (exact) mass is 271 g/mol. The summed E-state index contributed by atoms with van der Waals surface area (Å²) in [5, 5.41) is 5.94. The number of hydrogen-bond donors (Lipinski definition) is 1. The zero-order valence-electron chi connectivity index (χ0n) is 11.9. The molecular formula is C17H21NO2. The molecule has 3 rings (SSSR count). The van der Waals surface area contributed by atoms with E-state index in [0.29, 0.717) is 6.61 Å². The number of rotatable bonds is 5. The van der Waals surface area contributed by atoms with Crippen LogP contribution < -0.4 is 10.1 Å². The van der Waals surface area contributed by atoms with Crippen LogP contribution in [0.1, 0.15) is 18.9 Å². The molecular weight excluding hydrogens is 250 g/mol. The van der Waals surface area contributed by atoms with Crippen LogP contribution >= 0.6 is 0 Å². The molecule has 2 aromatic carbocycles. The van der Waals surface area contributed by atoms with Gasteiger partial charge in [0.2, 0.25) is 0 Å². The van der Waals surface area contributed by atoms with Gasteiger partial charge in [0.05, 0.1) is 13.2 Å². The minimum absolute atomic E-state index is 0.191. The molecule has 0 spiro atoms. The number of ether oxygens (including phenoxy) is 2. The predicted octanol–water partition coefficient (Wildman–Crippen LogP) is 3.12. The first kappa shape index (κ1) is 13.4. The van der Waals surface area contributed by atoms with Crippen molar-refractivity contribution in [2.75, 3.05) is 19.8 Å². The Hall–Kier alpha value is -1.58. The summed E-state index contributed by atoms with van der Waals surface area (Å²) in [6.07, 6.45) is 1.17. The Morgan fingerprint density at radius 3 is 2.95 bits per heavy atom. The van der Waals surface area contributed by atoms with Crippen LogP contribution in [0.4, 0.5) is 0 Å². The molecule has 0 aromatic heterocycles. The minimum Gasteiger partial charge on any atom is -0.488 e. The van der Waals surface area contributed by atoms with Gasteiger partial charge in [-0.1, -0.05) is 37.3 Å². The highest BCUT2D eigenvalue weighted by Crippen LogP contribution is 2.29. The molecule has 1 aliphatic heterocycles. The van der Waals surface area contributed by atoms with Crippen LogP contribution in [0.2, 0.25) is 0 Å². The number of hydrogen-bond acceptors (Lipinski definition) is 3. The number of fused-ring (bicyclic) bond motifs is 1. The first-order chi connectivity index (χ1) is 9.88. The van der Waals surface area contributed by atoms with E-state index in [1.54, 1.807) is 0 Å². The topological polar surface area (TPSA) is 30.5 Å². The van der Waals surface area contributed by atoms with Crippen LogP contribution in [-0.2, 0) is 11.3 Å². The summed E-state index contributed by atoms with van der Waals surface area (Å²) in [5.74, 6) is 0.986. The van der Waals surface area contributed by atoms with Gasteiger partial charge < -0.3 is 14.8 Å². The molecule has 1 unspecified atom stereocenters. The van der Waals surface area contributed by atoms with Gasteiger partial charge >= 0.3 is 0 Å². The average molecular weight is 271 g/mol. The first-order valence-corrected chi connectivity index (χ1v) is 7.34. The van der Waals surface area contributed by atoms with Gasteiger partial charge in [-0.15, -0.1) is 0 Å². The van der Waals surface area contributed by atoms with Crippen molar-refractivity contribution in [3.05, 3.63) is 42.0 Å². The van der Waals surface area contributed by atoms with Crippen LogP contribution in [-0.4, -0.2) is 25.9 Å². The van der Waals surface area contributed by atoms with Crippen LogP contribution in [0, 0.1) is 0 Å². The standard InChI is InChI=1S/C17H21NO2/c1-2-18-11-16-15-6-4-3-5-13(15)7-8-17(16)20-14-9-10-19-12-14/h3-8,14,18H,2,9-12H2,1H3. The van der Waals surface area contributed by atoms with E-state index in [1.807, 2.05) is 0 Å². The van der Waals surface area contributed by atoms with E-state index in [2.05, 4.69) is 48.6 Å². The quantitative estimate of drug-likeness (QED) is 0.906. The lowest BCUT2D eigenvalue weighted by atomic mass is 10.0. The van der Waals surface area contributed by atoms with E-state index in [1.165, 1.54) is 16.3 Å². The highest BCUT2D eigenvalue weighted by molar-refractivity contribution is 5.87. The predicted molar refractivity (Wildman–Crippen MR) is 81.2 cm³/mol. The number of nitrogens with one attached hydrogen (secondary N) is 1. The Morgan fingerprint density at radius 1 is 1.25 bits per heavy atom. The average Bonchev–Trinajstić information content (AvgIpc) is 2.99. The molecule has 1 fully saturated rings. The Labute approximate surface area is 119 Å². The molecule has 0 radical (unpaired) electrons. The molecule has 0 amide bonds. The minimum atomic E-state index is 0.191. The van der Waals surface area contributed by atoms with Crippen molar-refractivity contribution < 1.29 is 9.47 Å². The molecule has 3 heteroatoms. The maximum Gasteiger partial charge on any atom is 0.124 e. The van der Waals surface area contributed by atoms with E-state index in [0.717, 1.165) is 31.9 Å². The van der Waals surface area contributed by atoms with E-state index in [-0.39, 0.29) is 6.10 Å². The van der Waals surface area contributed by atoms with Crippen molar-refractivity contribution in [1.29, 1.82) is 0 Å². The maximum absolute atomic E-state index is 6.15. The normalized spacial score (nSPS) is 18.6. The van der Waals surface area contributed by atoms with Gasteiger partial charge in [-0.2, -0.15) is 0 Å².